The predicted molar refractivity (Wildman–Crippen MR) is 117 cm³/mol. The van der Waals surface area contributed by atoms with E-state index in [1.54, 1.807) is 17.9 Å². The summed E-state index contributed by atoms with van der Waals surface area (Å²) in [6.07, 6.45) is 3.61. The van der Waals surface area contributed by atoms with Crippen molar-refractivity contribution < 1.29 is 4.21 Å². The summed E-state index contributed by atoms with van der Waals surface area (Å²) in [7, 11) is 2.55. The Balaban J connectivity index is 1.67. The number of nitrogens with zero attached hydrogens (tertiary/aromatic N) is 3. The highest BCUT2D eigenvalue weighted by molar-refractivity contribution is 7.84. The molecule has 0 radical (unpaired) electrons. The van der Waals surface area contributed by atoms with Crippen LogP contribution in [-0.2, 0) is 23.6 Å². The summed E-state index contributed by atoms with van der Waals surface area (Å²) in [5.74, 6) is 0.677. The van der Waals surface area contributed by atoms with Gasteiger partial charge in [0, 0.05) is 19.0 Å². The van der Waals surface area contributed by atoms with Crippen LogP contribution in [0, 0.1) is 0 Å². The van der Waals surface area contributed by atoms with Gasteiger partial charge in [0.2, 0.25) is 5.16 Å². The molecule has 1 heterocycles. The van der Waals surface area contributed by atoms with E-state index >= 15 is 0 Å². The second-order valence-corrected chi connectivity index (χ2v) is 9.48. The Morgan fingerprint density at radius 3 is 2.66 bits per heavy atom. The van der Waals surface area contributed by atoms with Crippen molar-refractivity contribution in [3.8, 4) is 0 Å². The molecule has 3 unspecified atom stereocenters. The molecule has 29 heavy (non-hydrogen) atoms. The van der Waals surface area contributed by atoms with Gasteiger partial charge in [0.25, 0.3) is 0 Å². The fourth-order valence-electron chi connectivity index (χ4n) is 4.05. The van der Waals surface area contributed by atoms with Gasteiger partial charge in [0.15, 0.2) is 0 Å². The molecule has 0 bridgehead atoms. The third-order valence-corrected chi connectivity index (χ3v) is 7.62. The van der Waals surface area contributed by atoms with E-state index in [0.29, 0.717) is 21.0 Å². The Kier molecular flexibility index (Phi) is 6.06. The standard InChI is InChI=1S/C21H22Cl2N4OS/c1-24-20-8-6-15(14-4-7-18(22)19(23)10-14)16-5-3-13(9-17(16)20)11-29(28)21-26-25-12-27(21)2/h3-5,7,9-10,12,15,20,24H,6,8,11H2,1-2H3. The Morgan fingerprint density at radius 2 is 1.97 bits per heavy atom. The molecule has 8 heteroatoms. The van der Waals surface area contributed by atoms with Crippen molar-refractivity contribution in [2.45, 2.75) is 35.7 Å². The van der Waals surface area contributed by atoms with Crippen LogP contribution in [0.15, 0.2) is 47.9 Å². The summed E-state index contributed by atoms with van der Waals surface area (Å²) in [6, 6.07) is 12.6. The molecule has 0 amide bonds. The Hall–Kier alpha value is -1.73. The van der Waals surface area contributed by atoms with Gasteiger partial charge in [-0.1, -0.05) is 47.5 Å². The topological polar surface area (TPSA) is 59.8 Å². The smallest absolute Gasteiger partial charge is 0.221 e. The number of rotatable bonds is 5. The number of hydrogen-bond donors (Lipinski definition) is 1. The minimum Gasteiger partial charge on any atom is -0.313 e. The average molecular weight is 449 g/mol. The maximum absolute atomic E-state index is 12.7. The molecule has 0 fully saturated rings. The van der Waals surface area contributed by atoms with Crippen LogP contribution in [0.4, 0.5) is 0 Å². The van der Waals surface area contributed by atoms with E-state index in [2.05, 4.69) is 39.8 Å². The van der Waals surface area contributed by atoms with Gasteiger partial charge < -0.3 is 9.88 Å². The van der Waals surface area contributed by atoms with E-state index < -0.39 is 10.8 Å². The molecular weight excluding hydrogens is 427 g/mol. The molecule has 0 aliphatic heterocycles. The summed E-state index contributed by atoms with van der Waals surface area (Å²) in [6.45, 7) is 0. The average Bonchev–Trinajstić information content (AvgIpc) is 3.15. The van der Waals surface area contributed by atoms with Crippen molar-refractivity contribution in [1.82, 2.24) is 20.1 Å². The lowest BCUT2D eigenvalue weighted by Crippen LogP contribution is -2.24. The minimum atomic E-state index is -1.24. The molecule has 0 saturated heterocycles. The summed E-state index contributed by atoms with van der Waals surface area (Å²) in [5.41, 5.74) is 4.73. The highest BCUT2D eigenvalue weighted by Crippen LogP contribution is 2.42. The van der Waals surface area contributed by atoms with E-state index in [1.165, 1.54) is 16.7 Å². The lowest BCUT2D eigenvalue weighted by molar-refractivity contribution is 0.470. The Bertz CT molecular complexity index is 1070. The monoisotopic (exact) mass is 448 g/mol. The first-order chi connectivity index (χ1) is 14.0. The van der Waals surface area contributed by atoms with E-state index in [4.69, 9.17) is 23.2 Å². The number of halogens is 2. The minimum absolute atomic E-state index is 0.266. The van der Waals surface area contributed by atoms with Gasteiger partial charge in [0.05, 0.1) is 26.6 Å². The number of nitrogens with one attached hydrogen (secondary N) is 1. The molecule has 152 valence electrons. The molecule has 5 nitrogen and oxygen atoms in total. The third-order valence-electron chi connectivity index (χ3n) is 5.51. The number of aromatic nitrogens is 3. The quantitative estimate of drug-likeness (QED) is 0.618. The maximum Gasteiger partial charge on any atom is 0.221 e. The SMILES string of the molecule is CNC1CCC(c2ccc(Cl)c(Cl)c2)c2ccc(CS(=O)c3nncn3C)cc21. The zero-order chi connectivity index (χ0) is 20.5. The van der Waals surface area contributed by atoms with Crippen molar-refractivity contribution >= 4 is 34.0 Å². The fraction of sp³-hybridized carbons (Fsp3) is 0.333. The maximum atomic E-state index is 12.7. The van der Waals surface area contributed by atoms with Crippen LogP contribution in [0.25, 0.3) is 0 Å². The fourth-order valence-corrected chi connectivity index (χ4v) is 5.47. The number of hydrogen-bond acceptors (Lipinski definition) is 4. The summed E-state index contributed by atoms with van der Waals surface area (Å²) in [5, 5.41) is 12.9. The van der Waals surface area contributed by atoms with E-state index in [-0.39, 0.29) is 12.0 Å². The number of aryl methyl sites for hydroxylation is 1. The molecule has 1 aliphatic carbocycles. The van der Waals surface area contributed by atoms with Crippen LogP contribution < -0.4 is 5.32 Å². The lowest BCUT2D eigenvalue weighted by Gasteiger charge is -2.32. The second-order valence-electron chi connectivity index (χ2n) is 7.32. The first-order valence-electron chi connectivity index (χ1n) is 9.45. The molecule has 1 N–H and O–H groups in total. The van der Waals surface area contributed by atoms with Gasteiger partial charge >= 0.3 is 0 Å². The first-order valence-corrected chi connectivity index (χ1v) is 11.5. The number of fused-ring (bicyclic) bond motifs is 1. The van der Waals surface area contributed by atoms with Crippen molar-refractivity contribution in [2.24, 2.45) is 7.05 Å². The van der Waals surface area contributed by atoms with Gasteiger partial charge in [0.1, 0.15) is 6.33 Å². The largest absolute Gasteiger partial charge is 0.313 e. The highest BCUT2D eigenvalue weighted by atomic mass is 35.5. The van der Waals surface area contributed by atoms with Gasteiger partial charge in [-0.3, -0.25) is 4.21 Å². The molecule has 1 aromatic heterocycles. The van der Waals surface area contributed by atoms with E-state index in [1.807, 2.05) is 19.2 Å². The summed E-state index contributed by atoms with van der Waals surface area (Å²) in [4.78, 5) is 0. The molecule has 0 saturated carbocycles. The van der Waals surface area contributed by atoms with Crippen molar-refractivity contribution in [2.75, 3.05) is 7.05 Å². The van der Waals surface area contributed by atoms with Crippen molar-refractivity contribution in [1.29, 1.82) is 0 Å². The lowest BCUT2D eigenvalue weighted by atomic mass is 9.76. The van der Waals surface area contributed by atoms with Gasteiger partial charge in [-0.25, -0.2) is 0 Å². The van der Waals surface area contributed by atoms with Gasteiger partial charge in [-0.05, 0) is 54.3 Å². The Labute approximate surface area is 182 Å². The molecule has 2 aromatic carbocycles. The third kappa shape index (κ3) is 4.12. The molecule has 1 aliphatic rings. The zero-order valence-corrected chi connectivity index (χ0v) is 18.6. The Morgan fingerprint density at radius 1 is 1.14 bits per heavy atom. The van der Waals surface area contributed by atoms with Gasteiger partial charge in [-0.2, -0.15) is 0 Å². The van der Waals surface area contributed by atoms with Crippen LogP contribution in [-0.4, -0.2) is 26.0 Å². The van der Waals surface area contributed by atoms with E-state index in [9.17, 15) is 4.21 Å². The van der Waals surface area contributed by atoms with Crippen LogP contribution in [0.2, 0.25) is 10.0 Å². The molecular formula is C21H22Cl2N4OS. The predicted octanol–water partition coefficient (Wildman–Crippen LogP) is 4.62. The molecule has 3 aromatic rings. The van der Waals surface area contributed by atoms with Crippen LogP contribution in [0.5, 0.6) is 0 Å². The number of benzene rings is 2. The highest BCUT2D eigenvalue weighted by Gasteiger charge is 2.28. The second kappa shape index (κ2) is 8.56. The summed E-state index contributed by atoms with van der Waals surface area (Å²) >= 11 is 12.4. The van der Waals surface area contributed by atoms with Crippen LogP contribution in [0.3, 0.4) is 0 Å². The molecule has 3 atom stereocenters. The first kappa shape index (κ1) is 20.5. The molecule has 4 rings (SSSR count). The molecule has 0 spiro atoms. The van der Waals surface area contributed by atoms with Crippen molar-refractivity contribution in [3.63, 3.8) is 0 Å². The van der Waals surface area contributed by atoms with Gasteiger partial charge in [-0.15, -0.1) is 10.2 Å². The zero-order valence-electron chi connectivity index (χ0n) is 16.2. The van der Waals surface area contributed by atoms with Crippen LogP contribution in [0.1, 0.15) is 47.1 Å². The van der Waals surface area contributed by atoms with Crippen LogP contribution >= 0.6 is 23.2 Å². The van der Waals surface area contributed by atoms with E-state index in [0.717, 1.165) is 18.4 Å². The summed E-state index contributed by atoms with van der Waals surface area (Å²) < 4.78 is 14.4. The van der Waals surface area contributed by atoms with Crippen molar-refractivity contribution in [3.05, 3.63) is 75.0 Å². The normalized spacial score (nSPS) is 19.7.